The summed E-state index contributed by atoms with van der Waals surface area (Å²) in [7, 11) is 0. The second-order valence-corrected chi connectivity index (χ2v) is 4.46. The van der Waals surface area contributed by atoms with Gasteiger partial charge >= 0.3 is 0 Å². The Bertz CT molecular complexity index is 501. The Morgan fingerprint density at radius 2 is 1.83 bits per heavy atom. The first-order chi connectivity index (χ1) is 8.72. The Morgan fingerprint density at radius 1 is 1.22 bits per heavy atom. The molecule has 2 rings (SSSR count). The SMILES string of the molecule is CC(=O)N1CCC(=C(C#N)c2ccccc2)CC1. The van der Waals surface area contributed by atoms with Crippen LogP contribution in [0.15, 0.2) is 35.9 Å². The van der Waals surface area contributed by atoms with Crippen LogP contribution in [0.4, 0.5) is 0 Å². The van der Waals surface area contributed by atoms with Crippen molar-refractivity contribution in [1.82, 2.24) is 4.90 Å². The molecule has 1 aliphatic rings. The highest BCUT2D eigenvalue weighted by Gasteiger charge is 2.19. The highest BCUT2D eigenvalue weighted by molar-refractivity contribution is 5.80. The van der Waals surface area contributed by atoms with Crippen LogP contribution in [0.3, 0.4) is 0 Å². The number of piperidine rings is 1. The van der Waals surface area contributed by atoms with Gasteiger partial charge in [-0.05, 0) is 24.0 Å². The lowest BCUT2D eigenvalue weighted by molar-refractivity contribution is -0.129. The van der Waals surface area contributed by atoms with Crippen molar-refractivity contribution in [2.75, 3.05) is 13.1 Å². The normalized spacial score (nSPS) is 15.1. The highest BCUT2D eigenvalue weighted by Crippen LogP contribution is 2.26. The molecule has 0 unspecified atom stereocenters. The lowest BCUT2D eigenvalue weighted by atomic mass is 9.94. The van der Waals surface area contributed by atoms with Gasteiger partial charge in [0.25, 0.3) is 0 Å². The van der Waals surface area contributed by atoms with Gasteiger partial charge in [-0.3, -0.25) is 4.79 Å². The molecule has 1 aliphatic heterocycles. The second-order valence-electron chi connectivity index (χ2n) is 4.46. The van der Waals surface area contributed by atoms with Gasteiger partial charge in [0, 0.05) is 20.0 Å². The Morgan fingerprint density at radius 3 is 2.33 bits per heavy atom. The standard InChI is InChI=1S/C15H16N2O/c1-12(18)17-9-7-14(8-10-17)15(11-16)13-5-3-2-4-6-13/h2-6H,7-10H2,1H3. The zero-order valence-corrected chi connectivity index (χ0v) is 10.5. The summed E-state index contributed by atoms with van der Waals surface area (Å²) in [5.41, 5.74) is 2.92. The fraction of sp³-hybridized carbons (Fsp3) is 0.333. The van der Waals surface area contributed by atoms with Crippen molar-refractivity contribution in [1.29, 1.82) is 5.26 Å². The molecule has 1 fully saturated rings. The van der Waals surface area contributed by atoms with E-state index in [1.54, 1.807) is 6.92 Å². The third-order valence-electron chi connectivity index (χ3n) is 3.34. The summed E-state index contributed by atoms with van der Waals surface area (Å²) in [6.45, 7) is 3.04. The molecule has 1 saturated heterocycles. The van der Waals surface area contributed by atoms with E-state index in [-0.39, 0.29) is 5.91 Å². The summed E-state index contributed by atoms with van der Waals surface area (Å²) in [5.74, 6) is 0.118. The van der Waals surface area contributed by atoms with E-state index in [0.717, 1.165) is 37.1 Å². The van der Waals surface area contributed by atoms with E-state index in [9.17, 15) is 10.1 Å². The minimum atomic E-state index is 0.118. The van der Waals surface area contributed by atoms with Gasteiger partial charge in [-0.1, -0.05) is 30.3 Å². The van der Waals surface area contributed by atoms with Crippen LogP contribution in [0.5, 0.6) is 0 Å². The zero-order valence-electron chi connectivity index (χ0n) is 10.5. The molecule has 0 bridgehead atoms. The van der Waals surface area contributed by atoms with Gasteiger partial charge in [0.2, 0.25) is 5.91 Å². The summed E-state index contributed by atoms with van der Waals surface area (Å²) in [4.78, 5) is 13.1. The van der Waals surface area contributed by atoms with Crippen LogP contribution in [0.25, 0.3) is 5.57 Å². The number of likely N-dealkylation sites (tertiary alicyclic amines) is 1. The number of hydrogen-bond donors (Lipinski definition) is 0. The third-order valence-corrected chi connectivity index (χ3v) is 3.34. The molecule has 0 aliphatic carbocycles. The average Bonchev–Trinajstić information content (AvgIpc) is 2.41. The molecule has 0 saturated carbocycles. The van der Waals surface area contributed by atoms with Crippen molar-refractivity contribution in [3.8, 4) is 6.07 Å². The van der Waals surface area contributed by atoms with E-state index in [1.165, 1.54) is 5.57 Å². The van der Waals surface area contributed by atoms with Crippen molar-refractivity contribution >= 4 is 11.5 Å². The Labute approximate surface area is 107 Å². The maximum absolute atomic E-state index is 11.3. The van der Waals surface area contributed by atoms with Gasteiger partial charge in [-0.15, -0.1) is 0 Å². The fourth-order valence-corrected chi connectivity index (χ4v) is 2.29. The van der Waals surface area contributed by atoms with E-state index in [2.05, 4.69) is 6.07 Å². The molecular formula is C15H16N2O. The first-order valence-electron chi connectivity index (χ1n) is 6.15. The lowest BCUT2D eigenvalue weighted by Gasteiger charge is -2.28. The lowest BCUT2D eigenvalue weighted by Crippen LogP contribution is -2.34. The fourth-order valence-electron chi connectivity index (χ4n) is 2.29. The van der Waals surface area contributed by atoms with E-state index >= 15 is 0 Å². The average molecular weight is 240 g/mol. The molecule has 0 radical (unpaired) electrons. The van der Waals surface area contributed by atoms with Crippen LogP contribution in [-0.4, -0.2) is 23.9 Å². The monoisotopic (exact) mass is 240 g/mol. The van der Waals surface area contributed by atoms with E-state index < -0.39 is 0 Å². The van der Waals surface area contributed by atoms with Crippen LogP contribution in [0, 0.1) is 11.3 Å². The van der Waals surface area contributed by atoms with Crippen LogP contribution in [0.2, 0.25) is 0 Å². The van der Waals surface area contributed by atoms with Gasteiger partial charge in [0.1, 0.15) is 0 Å². The molecule has 92 valence electrons. The maximum Gasteiger partial charge on any atom is 0.219 e. The molecule has 0 spiro atoms. The van der Waals surface area contributed by atoms with Gasteiger partial charge in [-0.2, -0.15) is 5.26 Å². The van der Waals surface area contributed by atoms with Gasteiger partial charge < -0.3 is 4.90 Å². The molecule has 1 heterocycles. The molecule has 0 atom stereocenters. The van der Waals surface area contributed by atoms with Crippen LogP contribution in [-0.2, 0) is 4.79 Å². The summed E-state index contributed by atoms with van der Waals surface area (Å²) in [5, 5.41) is 9.32. The van der Waals surface area contributed by atoms with Gasteiger partial charge in [0.05, 0.1) is 11.6 Å². The highest BCUT2D eigenvalue weighted by atomic mass is 16.2. The van der Waals surface area contributed by atoms with E-state index in [0.29, 0.717) is 0 Å². The molecule has 0 N–H and O–H groups in total. The molecular weight excluding hydrogens is 224 g/mol. The molecule has 0 aromatic heterocycles. The summed E-state index contributed by atoms with van der Waals surface area (Å²) in [6, 6.07) is 12.1. The number of carbonyl (C=O) groups excluding carboxylic acids is 1. The maximum atomic E-state index is 11.3. The summed E-state index contributed by atoms with van der Waals surface area (Å²) < 4.78 is 0. The topological polar surface area (TPSA) is 44.1 Å². The second kappa shape index (κ2) is 5.50. The van der Waals surface area contributed by atoms with Crippen LogP contribution in [0.1, 0.15) is 25.3 Å². The molecule has 1 aromatic carbocycles. The molecule has 3 heteroatoms. The Balaban J connectivity index is 2.21. The van der Waals surface area contributed by atoms with Crippen molar-refractivity contribution in [3.63, 3.8) is 0 Å². The number of nitriles is 1. The number of benzene rings is 1. The molecule has 1 amide bonds. The smallest absolute Gasteiger partial charge is 0.219 e. The van der Waals surface area contributed by atoms with Gasteiger partial charge in [0.15, 0.2) is 0 Å². The van der Waals surface area contributed by atoms with Crippen molar-refractivity contribution in [2.24, 2.45) is 0 Å². The van der Waals surface area contributed by atoms with Crippen molar-refractivity contribution < 1.29 is 4.79 Å². The molecule has 3 nitrogen and oxygen atoms in total. The Hall–Kier alpha value is -2.08. The largest absolute Gasteiger partial charge is 0.342 e. The number of amides is 1. The molecule has 1 aromatic rings. The number of rotatable bonds is 1. The van der Waals surface area contributed by atoms with Gasteiger partial charge in [-0.25, -0.2) is 0 Å². The first-order valence-corrected chi connectivity index (χ1v) is 6.15. The van der Waals surface area contributed by atoms with Crippen LogP contribution >= 0.6 is 0 Å². The predicted octanol–water partition coefficient (Wildman–Crippen LogP) is 2.61. The van der Waals surface area contributed by atoms with Crippen LogP contribution < -0.4 is 0 Å². The first kappa shape index (κ1) is 12.4. The number of hydrogen-bond acceptors (Lipinski definition) is 2. The Kier molecular flexibility index (Phi) is 3.78. The molecule has 18 heavy (non-hydrogen) atoms. The number of nitrogens with zero attached hydrogens (tertiary/aromatic N) is 2. The van der Waals surface area contributed by atoms with E-state index in [4.69, 9.17) is 0 Å². The number of carbonyl (C=O) groups is 1. The van der Waals surface area contributed by atoms with Crippen molar-refractivity contribution in [2.45, 2.75) is 19.8 Å². The summed E-state index contributed by atoms with van der Waals surface area (Å²) in [6.07, 6.45) is 1.61. The predicted molar refractivity (Wildman–Crippen MR) is 70.5 cm³/mol. The third kappa shape index (κ3) is 2.60. The number of allylic oxidation sites excluding steroid dienone is 1. The van der Waals surface area contributed by atoms with E-state index in [1.807, 2.05) is 35.2 Å². The van der Waals surface area contributed by atoms with Crippen molar-refractivity contribution in [3.05, 3.63) is 41.5 Å². The minimum absolute atomic E-state index is 0.118. The summed E-state index contributed by atoms with van der Waals surface area (Å²) >= 11 is 0. The zero-order chi connectivity index (χ0) is 13.0. The quantitative estimate of drug-likeness (QED) is 0.708. The minimum Gasteiger partial charge on any atom is -0.342 e.